The van der Waals surface area contributed by atoms with E-state index in [1.165, 1.54) is 11.8 Å². The molecule has 0 aliphatic carbocycles. The van der Waals surface area contributed by atoms with Gasteiger partial charge in [0.05, 0.1) is 22.9 Å². The predicted molar refractivity (Wildman–Crippen MR) is 121 cm³/mol. The molecule has 2 amide bonds. The van der Waals surface area contributed by atoms with Crippen LogP contribution in [-0.4, -0.2) is 17.6 Å². The zero-order valence-corrected chi connectivity index (χ0v) is 17.7. The van der Waals surface area contributed by atoms with Gasteiger partial charge in [0.1, 0.15) is 0 Å². The van der Waals surface area contributed by atoms with Crippen molar-refractivity contribution >= 4 is 58.2 Å². The van der Waals surface area contributed by atoms with Gasteiger partial charge in [-0.25, -0.2) is 0 Å². The van der Waals surface area contributed by atoms with Gasteiger partial charge >= 0.3 is 0 Å². The first-order valence-electron chi connectivity index (χ1n) is 8.81. The lowest BCUT2D eigenvalue weighted by molar-refractivity contribution is -0.115. The fourth-order valence-corrected chi connectivity index (χ4v) is 3.53. The number of benzene rings is 3. The van der Waals surface area contributed by atoms with Crippen molar-refractivity contribution in [2.75, 3.05) is 16.4 Å². The van der Waals surface area contributed by atoms with Crippen LogP contribution in [0.1, 0.15) is 5.56 Å². The molecular formula is C22H18Cl2N2O2S. The van der Waals surface area contributed by atoms with Gasteiger partial charge in [-0.15, -0.1) is 11.8 Å². The van der Waals surface area contributed by atoms with Gasteiger partial charge in [-0.1, -0.05) is 47.5 Å². The number of carbonyl (C=O) groups is 2. The van der Waals surface area contributed by atoms with E-state index in [-0.39, 0.29) is 24.0 Å². The summed E-state index contributed by atoms with van der Waals surface area (Å²) < 4.78 is 0. The number of nitrogens with one attached hydrogen (secondary N) is 2. The first-order chi connectivity index (χ1) is 14.0. The number of halogens is 2. The average molecular weight is 445 g/mol. The molecule has 0 radical (unpaired) electrons. The molecule has 0 aromatic heterocycles. The van der Waals surface area contributed by atoms with Crippen molar-refractivity contribution in [2.45, 2.75) is 11.3 Å². The normalized spacial score (nSPS) is 10.4. The minimum atomic E-state index is -0.136. The Bertz CT molecular complexity index is 992. The summed E-state index contributed by atoms with van der Waals surface area (Å²) in [4.78, 5) is 25.2. The maximum absolute atomic E-state index is 12.2. The Morgan fingerprint density at radius 2 is 1.48 bits per heavy atom. The van der Waals surface area contributed by atoms with Crippen LogP contribution in [0, 0.1) is 0 Å². The second-order valence-electron chi connectivity index (χ2n) is 6.19. The van der Waals surface area contributed by atoms with Crippen LogP contribution >= 0.6 is 35.0 Å². The number of hydrogen-bond acceptors (Lipinski definition) is 3. The van der Waals surface area contributed by atoms with E-state index in [9.17, 15) is 9.59 Å². The minimum Gasteiger partial charge on any atom is -0.326 e. The van der Waals surface area contributed by atoms with Crippen LogP contribution < -0.4 is 10.6 Å². The van der Waals surface area contributed by atoms with Crippen LogP contribution in [0.4, 0.5) is 11.4 Å². The summed E-state index contributed by atoms with van der Waals surface area (Å²) >= 11 is 13.3. The summed E-state index contributed by atoms with van der Waals surface area (Å²) in [5.41, 5.74) is 2.19. The predicted octanol–water partition coefficient (Wildman–Crippen LogP) is 5.91. The van der Waals surface area contributed by atoms with Crippen LogP contribution in [0.5, 0.6) is 0 Å². The smallest absolute Gasteiger partial charge is 0.234 e. The van der Waals surface area contributed by atoms with E-state index in [2.05, 4.69) is 10.6 Å². The highest BCUT2D eigenvalue weighted by molar-refractivity contribution is 8.00. The van der Waals surface area contributed by atoms with Crippen molar-refractivity contribution in [3.05, 3.63) is 88.4 Å². The number of hydrogen-bond donors (Lipinski definition) is 2. The zero-order chi connectivity index (χ0) is 20.6. The quantitative estimate of drug-likeness (QED) is 0.445. The molecule has 0 heterocycles. The molecule has 0 unspecified atom stereocenters. The molecular weight excluding hydrogens is 427 g/mol. The fourth-order valence-electron chi connectivity index (χ4n) is 2.53. The van der Waals surface area contributed by atoms with Crippen molar-refractivity contribution in [2.24, 2.45) is 0 Å². The summed E-state index contributed by atoms with van der Waals surface area (Å²) in [5, 5.41) is 6.79. The van der Waals surface area contributed by atoms with E-state index in [1.54, 1.807) is 24.3 Å². The molecule has 3 aromatic rings. The Balaban J connectivity index is 1.47. The van der Waals surface area contributed by atoms with Gasteiger partial charge < -0.3 is 10.6 Å². The molecule has 0 bridgehead atoms. The van der Waals surface area contributed by atoms with Crippen molar-refractivity contribution in [3.8, 4) is 0 Å². The molecule has 148 valence electrons. The maximum atomic E-state index is 12.2. The average Bonchev–Trinajstić information content (AvgIpc) is 2.71. The molecule has 0 fully saturated rings. The van der Waals surface area contributed by atoms with E-state index in [1.807, 2.05) is 48.5 Å². The number of amides is 2. The Morgan fingerprint density at radius 1 is 0.793 bits per heavy atom. The molecule has 0 spiro atoms. The monoisotopic (exact) mass is 444 g/mol. The number of rotatable bonds is 7. The number of thioether (sulfide) groups is 1. The third kappa shape index (κ3) is 6.82. The van der Waals surface area contributed by atoms with Gasteiger partial charge in [-0.05, 0) is 54.1 Å². The molecule has 0 saturated heterocycles. The minimum absolute atomic E-state index is 0.105. The molecule has 7 heteroatoms. The van der Waals surface area contributed by atoms with Crippen LogP contribution in [0.3, 0.4) is 0 Å². The Labute approximate surface area is 183 Å². The molecule has 0 saturated carbocycles. The molecule has 0 aliphatic heterocycles. The van der Waals surface area contributed by atoms with Crippen molar-refractivity contribution in [1.29, 1.82) is 0 Å². The Morgan fingerprint density at radius 3 is 2.17 bits per heavy atom. The van der Waals surface area contributed by atoms with Gasteiger partial charge in [-0.2, -0.15) is 0 Å². The standard InChI is InChI=1S/C22H18Cl2N2O2S/c23-16-7-5-15(6-8-16)13-21(27)25-17-9-11-18(12-10-17)29-14-22(28)26-20-4-2-1-3-19(20)24/h1-12H,13-14H2,(H,25,27)(H,26,28). The molecule has 29 heavy (non-hydrogen) atoms. The summed E-state index contributed by atoms with van der Waals surface area (Å²) in [6.07, 6.45) is 0.274. The van der Waals surface area contributed by atoms with E-state index in [0.29, 0.717) is 21.4 Å². The third-order valence-electron chi connectivity index (χ3n) is 3.93. The molecule has 0 aliphatic rings. The second kappa shape index (κ2) is 10.3. The summed E-state index contributed by atoms with van der Waals surface area (Å²) in [5.74, 6) is 0.0170. The van der Waals surface area contributed by atoms with Crippen LogP contribution in [-0.2, 0) is 16.0 Å². The van der Waals surface area contributed by atoms with Crippen LogP contribution in [0.25, 0.3) is 0 Å². The van der Waals surface area contributed by atoms with E-state index in [4.69, 9.17) is 23.2 Å². The van der Waals surface area contributed by atoms with E-state index in [0.717, 1.165) is 10.5 Å². The summed E-state index contributed by atoms with van der Waals surface area (Å²) in [6.45, 7) is 0. The molecule has 0 atom stereocenters. The summed E-state index contributed by atoms with van der Waals surface area (Å²) in [7, 11) is 0. The van der Waals surface area contributed by atoms with E-state index < -0.39 is 0 Å². The van der Waals surface area contributed by atoms with Gasteiger partial charge in [0.25, 0.3) is 0 Å². The fraction of sp³-hybridized carbons (Fsp3) is 0.0909. The topological polar surface area (TPSA) is 58.2 Å². The van der Waals surface area contributed by atoms with Crippen molar-refractivity contribution < 1.29 is 9.59 Å². The lowest BCUT2D eigenvalue weighted by Gasteiger charge is -2.08. The highest BCUT2D eigenvalue weighted by Crippen LogP contribution is 2.23. The number of anilines is 2. The van der Waals surface area contributed by atoms with E-state index >= 15 is 0 Å². The molecule has 4 nitrogen and oxygen atoms in total. The first-order valence-corrected chi connectivity index (χ1v) is 10.6. The maximum Gasteiger partial charge on any atom is 0.234 e. The zero-order valence-electron chi connectivity index (χ0n) is 15.3. The Kier molecular flexibility index (Phi) is 7.58. The highest BCUT2D eigenvalue weighted by Gasteiger charge is 2.07. The summed E-state index contributed by atoms with van der Waals surface area (Å²) in [6, 6.07) is 21.6. The lowest BCUT2D eigenvalue weighted by Crippen LogP contribution is -2.14. The van der Waals surface area contributed by atoms with Gasteiger partial charge in [-0.3, -0.25) is 9.59 Å². The third-order valence-corrected chi connectivity index (χ3v) is 5.53. The SMILES string of the molecule is O=C(Cc1ccc(Cl)cc1)Nc1ccc(SCC(=O)Nc2ccccc2Cl)cc1. The molecule has 3 rings (SSSR count). The highest BCUT2D eigenvalue weighted by atomic mass is 35.5. The second-order valence-corrected chi connectivity index (χ2v) is 8.08. The molecule has 3 aromatic carbocycles. The number of carbonyl (C=O) groups excluding carboxylic acids is 2. The molecule has 2 N–H and O–H groups in total. The first kappa shape index (κ1) is 21.2. The van der Waals surface area contributed by atoms with Crippen molar-refractivity contribution in [1.82, 2.24) is 0 Å². The number of para-hydroxylation sites is 1. The van der Waals surface area contributed by atoms with Gasteiger partial charge in [0.15, 0.2) is 0 Å². The largest absolute Gasteiger partial charge is 0.326 e. The van der Waals surface area contributed by atoms with Gasteiger partial charge in [0.2, 0.25) is 11.8 Å². The lowest BCUT2D eigenvalue weighted by atomic mass is 10.1. The van der Waals surface area contributed by atoms with Crippen LogP contribution in [0.15, 0.2) is 77.7 Å². The Hall–Kier alpha value is -2.47. The van der Waals surface area contributed by atoms with Crippen LogP contribution in [0.2, 0.25) is 10.0 Å². The van der Waals surface area contributed by atoms with Gasteiger partial charge in [0, 0.05) is 15.6 Å². The van der Waals surface area contributed by atoms with Crippen molar-refractivity contribution in [3.63, 3.8) is 0 Å².